The van der Waals surface area contributed by atoms with Gasteiger partial charge in [-0.2, -0.15) is 0 Å². The summed E-state index contributed by atoms with van der Waals surface area (Å²) in [5.74, 6) is -0.266. The molecular weight excluding hydrogens is 412 g/mol. The van der Waals surface area contributed by atoms with Crippen LogP contribution >= 0.6 is 12.4 Å². The van der Waals surface area contributed by atoms with Crippen LogP contribution in [0.15, 0.2) is 60.9 Å². The number of carbonyl (C=O) groups excluding carboxylic acids is 2. The van der Waals surface area contributed by atoms with E-state index in [1.807, 2.05) is 48.8 Å². The Bertz CT molecular complexity index is 1080. The third-order valence-electron chi connectivity index (χ3n) is 5.77. The summed E-state index contributed by atoms with van der Waals surface area (Å²) in [7, 11) is 1.73. The number of hydrogen-bond acceptors (Lipinski definition) is 4. The molecule has 1 aliphatic heterocycles. The van der Waals surface area contributed by atoms with E-state index in [0.717, 1.165) is 34.0 Å². The van der Waals surface area contributed by atoms with E-state index in [4.69, 9.17) is 0 Å². The minimum absolute atomic E-state index is 0. The molecule has 1 aromatic heterocycles. The molecule has 2 N–H and O–H groups in total. The average molecular weight is 439 g/mol. The maximum atomic E-state index is 13.6. The predicted octanol–water partition coefficient (Wildman–Crippen LogP) is 3.23. The molecule has 31 heavy (non-hydrogen) atoms. The fourth-order valence-corrected chi connectivity index (χ4v) is 3.92. The van der Waals surface area contributed by atoms with Crippen molar-refractivity contribution in [1.82, 2.24) is 15.6 Å². The molecule has 2 amide bonds. The minimum Gasteiger partial charge on any atom is -0.343 e. The first kappa shape index (κ1) is 22.7. The highest BCUT2D eigenvalue weighted by Gasteiger charge is 2.32. The van der Waals surface area contributed by atoms with Crippen molar-refractivity contribution in [3.63, 3.8) is 0 Å². The van der Waals surface area contributed by atoms with E-state index >= 15 is 0 Å². The van der Waals surface area contributed by atoms with E-state index in [1.165, 1.54) is 0 Å². The van der Waals surface area contributed by atoms with Crippen molar-refractivity contribution < 1.29 is 9.59 Å². The van der Waals surface area contributed by atoms with Gasteiger partial charge in [-0.15, -0.1) is 12.4 Å². The third-order valence-corrected chi connectivity index (χ3v) is 5.77. The molecule has 0 radical (unpaired) electrons. The van der Waals surface area contributed by atoms with Gasteiger partial charge in [0, 0.05) is 23.5 Å². The number of nitrogens with one attached hydrogen (secondary N) is 2. The Kier molecular flexibility index (Phi) is 7.25. The number of pyridine rings is 1. The van der Waals surface area contributed by atoms with Crippen LogP contribution in [0.5, 0.6) is 0 Å². The van der Waals surface area contributed by atoms with Crippen LogP contribution < -0.4 is 15.5 Å². The molecule has 2 aromatic carbocycles. The highest BCUT2D eigenvalue weighted by molar-refractivity contribution is 6.01. The third kappa shape index (κ3) is 4.70. The zero-order valence-corrected chi connectivity index (χ0v) is 18.5. The minimum atomic E-state index is -0.566. The molecule has 1 aliphatic rings. The van der Waals surface area contributed by atoms with Crippen LogP contribution in [-0.2, 0) is 22.6 Å². The molecule has 0 fully saturated rings. The van der Waals surface area contributed by atoms with Gasteiger partial charge in [0.05, 0.1) is 12.6 Å². The molecule has 6 nitrogen and oxygen atoms in total. The number of amides is 2. The van der Waals surface area contributed by atoms with Gasteiger partial charge in [-0.05, 0) is 49.4 Å². The van der Waals surface area contributed by atoms with Crippen LogP contribution in [0, 0.1) is 0 Å². The molecule has 7 heteroatoms. The second-order valence-corrected chi connectivity index (χ2v) is 7.68. The normalized spacial score (nSPS) is 16.8. The molecule has 0 saturated carbocycles. The van der Waals surface area contributed by atoms with Gasteiger partial charge in [0.2, 0.25) is 11.8 Å². The van der Waals surface area contributed by atoms with Gasteiger partial charge in [0.15, 0.2) is 0 Å². The maximum Gasteiger partial charge on any atom is 0.249 e. The van der Waals surface area contributed by atoms with Gasteiger partial charge < -0.3 is 15.5 Å². The molecule has 3 aromatic rings. The van der Waals surface area contributed by atoms with Crippen molar-refractivity contribution >= 4 is 40.7 Å². The lowest BCUT2D eigenvalue weighted by Crippen LogP contribution is -2.52. The summed E-state index contributed by atoms with van der Waals surface area (Å²) in [6.07, 6.45) is 4.95. The largest absolute Gasteiger partial charge is 0.343 e. The number of anilines is 1. The van der Waals surface area contributed by atoms with Gasteiger partial charge in [0.25, 0.3) is 0 Å². The van der Waals surface area contributed by atoms with Crippen molar-refractivity contribution in [2.24, 2.45) is 0 Å². The molecule has 0 aliphatic carbocycles. The first-order valence-electron chi connectivity index (χ1n) is 10.3. The number of likely N-dealkylation sites (N-methyl/N-ethyl adjacent to an activating group) is 1. The highest BCUT2D eigenvalue weighted by atomic mass is 35.5. The summed E-state index contributed by atoms with van der Waals surface area (Å²) in [6.45, 7) is 2.18. The number of aryl methyl sites for hydroxylation is 1. The average Bonchev–Trinajstić information content (AvgIpc) is 2.91. The van der Waals surface area contributed by atoms with Crippen molar-refractivity contribution in [3.8, 4) is 0 Å². The van der Waals surface area contributed by atoms with E-state index < -0.39 is 6.04 Å². The van der Waals surface area contributed by atoms with Gasteiger partial charge in [0.1, 0.15) is 6.04 Å². The van der Waals surface area contributed by atoms with Crippen molar-refractivity contribution in [1.29, 1.82) is 0 Å². The highest BCUT2D eigenvalue weighted by Crippen LogP contribution is 2.30. The Balaban J connectivity index is 0.00000272. The summed E-state index contributed by atoms with van der Waals surface area (Å²) in [5.41, 5.74) is 2.98. The summed E-state index contributed by atoms with van der Waals surface area (Å²) < 4.78 is 0. The predicted molar refractivity (Wildman–Crippen MR) is 125 cm³/mol. The fourth-order valence-electron chi connectivity index (χ4n) is 3.92. The Morgan fingerprint density at radius 3 is 2.71 bits per heavy atom. The molecule has 0 bridgehead atoms. The van der Waals surface area contributed by atoms with E-state index in [9.17, 15) is 9.59 Å². The lowest BCUT2D eigenvalue weighted by atomic mass is 10.1. The van der Waals surface area contributed by atoms with Crippen molar-refractivity contribution in [2.45, 2.75) is 38.4 Å². The topological polar surface area (TPSA) is 74.3 Å². The van der Waals surface area contributed by atoms with Crippen molar-refractivity contribution in [3.05, 3.63) is 72.1 Å². The molecule has 162 valence electrons. The summed E-state index contributed by atoms with van der Waals surface area (Å²) in [4.78, 5) is 32.2. The number of hydrogen-bond donors (Lipinski definition) is 2. The molecule has 0 unspecified atom stereocenters. The summed E-state index contributed by atoms with van der Waals surface area (Å²) in [6, 6.07) is 15.1. The fraction of sp³-hybridized carbons (Fsp3) is 0.292. The zero-order chi connectivity index (χ0) is 21.1. The molecular formula is C24H27ClN4O2. The molecule has 2 atom stereocenters. The number of nitrogens with zero attached hydrogens (tertiary/aromatic N) is 2. The standard InChI is InChI=1S/C24H26N4O2.ClH/c1-16(25-2)23(29)27-21-12-11-17-7-4-6-10-22(17)28(24(21)30)15-19-14-26-13-18-8-3-5-9-20(18)19;/h3-10,13-14,16,21,25H,11-12,15H2,1-2H3,(H,27,29);1H/t16-,21-;/m0./s1. The van der Waals surface area contributed by atoms with Gasteiger partial charge >= 0.3 is 0 Å². The smallest absolute Gasteiger partial charge is 0.249 e. The van der Waals surface area contributed by atoms with Crippen molar-refractivity contribution in [2.75, 3.05) is 11.9 Å². The van der Waals surface area contributed by atoms with E-state index in [0.29, 0.717) is 13.0 Å². The van der Waals surface area contributed by atoms with E-state index in [2.05, 4.69) is 27.8 Å². The maximum absolute atomic E-state index is 13.6. The number of halogens is 1. The number of carbonyl (C=O) groups is 2. The van der Waals surface area contributed by atoms with Gasteiger partial charge in [-0.25, -0.2) is 0 Å². The second kappa shape index (κ2) is 9.90. The van der Waals surface area contributed by atoms with Crippen LogP contribution in [0.4, 0.5) is 5.69 Å². The van der Waals surface area contributed by atoms with Crippen LogP contribution in [0.1, 0.15) is 24.5 Å². The SMILES string of the molecule is CN[C@@H](C)C(=O)N[C@H]1CCc2ccccc2N(Cc2cncc3ccccc23)C1=O.Cl. The Labute approximate surface area is 188 Å². The molecule has 0 spiro atoms. The number of aromatic nitrogens is 1. The summed E-state index contributed by atoms with van der Waals surface area (Å²) in [5, 5.41) is 7.98. The Morgan fingerprint density at radius 2 is 1.90 bits per heavy atom. The number of rotatable bonds is 5. The molecule has 2 heterocycles. The quantitative estimate of drug-likeness (QED) is 0.641. The first-order chi connectivity index (χ1) is 14.6. The van der Waals surface area contributed by atoms with Gasteiger partial charge in [-0.3, -0.25) is 14.6 Å². The van der Waals surface area contributed by atoms with Crippen LogP contribution in [0.25, 0.3) is 10.8 Å². The molecule has 0 saturated heterocycles. The van der Waals surface area contributed by atoms with Gasteiger partial charge in [-0.1, -0.05) is 42.5 Å². The van der Waals surface area contributed by atoms with Crippen LogP contribution in [0.3, 0.4) is 0 Å². The monoisotopic (exact) mass is 438 g/mol. The number of fused-ring (bicyclic) bond motifs is 2. The van der Waals surface area contributed by atoms with E-state index in [-0.39, 0.29) is 30.3 Å². The Morgan fingerprint density at radius 1 is 1.16 bits per heavy atom. The van der Waals surface area contributed by atoms with E-state index in [1.54, 1.807) is 18.9 Å². The zero-order valence-electron chi connectivity index (χ0n) is 17.7. The van der Waals surface area contributed by atoms with Crippen LogP contribution in [-0.4, -0.2) is 35.9 Å². The number of para-hydroxylation sites is 1. The Hall–Kier alpha value is -2.96. The number of benzene rings is 2. The molecule has 4 rings (SSSR count). The lowest BCUT2D eigenvalue weighted by Gasteiger charge is -2.27. The second-order valence-electron chi connectivity index (χ2n) is 7.68. The lowest BCUT2D eigenvalue weighted by molar-refractivity contribution is -0.128. The van der Waals surface area contributed by atoms with Crippen LogP contribution in [0.2, 0.25) is 0 Å². The first-order valence-corrected chi connectivity index (χ1v) is 10.3. The summed E-state index contributed by atoms with van der Waals surface area (Å²) >= 11 is 0.